The van der Waals surface area contributed by atoms with Crippen molar-refractivity contribution in [2.45, 2.75) is 19.8 Å². The summed E-state index contributed by atoms with van der Waals surface area (Å²) in [6.45, 7) is 3.42. The van der Waals surface area contributed by atoms with Crippen LogP contribution in [0.15, 0.2) is 6.07 Å². The quantitative estimate of drug-likeness (QED) is 0.765. The normalized spacial score (nSPS) is 16.3. The van der Waals surface area contributed by atoms with Gasteiger partial charge in [0.1, 0.15) is 0 Å². The first-order valence-corrected chi connectivity index (χ1v) is 6.36. The number of carbonyl (C=O) groups excluding carboxylic acids is 1. The van der Waals surface area contributed by atoms with E-state index < -0.39 is 0 Å². The van der Waals surface area contributed by atoms with Crippen molar-refractivity contribution in [2.24, 2.45) is 5.92 Å². The van der Waals surface area contributed by atoms with E-state index >= 15 is 0 Å². The highest BCUT2D eigenvalue weighted by atomic mass is 16.5. The molecule has 1 aromatic rings. The Kier molecular flexibility index (Phi) is 4.19. The van der Waals surface area contributed by atoms with E-state index in [-0.39, 0.29) is 11.9 Å². The maximum absolute atomic E-state index is 11.5. The molecule has 0 N–H and O–H groups in total. The number of hydrogen-bond donors (Lipinski definition) is 0. The average molecular weight is 265 g/mol. The van der Waals surface area contributed by atoms with Gasteiger partial charge in [0.05, 0.1) is 20.1 Å². The third-order valence-electron chi connectivity index (χ3n) is 3.34. The van der Waals surface area contributed by atoms with Gasteiger partial charge < -0.3 is 14.4 Å². The van der Waals surface area contributed by atoms with Crippen molar-refractivity contribution in [3.8, 4) is 5.88 Å². The van der Waals surface area contributed by atoms with Crippen LogP contribution in [-0.4, -0.2) is 43.2 Å². The lowest BCUT2D eigenvalue weighted by atomic mass is 9.97. The number of esters is 1. The summed E-state index contributed by atoms with van der Waals surface area (Å²) in [6.07, 6.45) is 1.54. The molecule has 1 saturated heterocycles. The Morgan fingerprint density at radius 2 is 2.00 bits per heavy atom. The lowest BCUT2D eigenvalue weighted by molar-refractivity contribution is -0.146. The molecule has 1 aromatic heterocycles. The molecule has 2 heterocycles. The van der Waals surface area contributed by atoms with E-state index in [1.807, 2.05) is 6.92 Å². The van der Waals surface area contributed by atoms with E-state index in [1.54, 1.807) is 13.2 Å². The van der Waals surface area contributed by atoms with Crippen molar-refractivity contribution < 1.29 is 14.3 Å². The third kappa shape index (κ3) is 3.13. The van der Waals surface area contributed by atoms with Crippen molar-refractivity contribution in [1.29, 1.82) is 0 Å². The molecule has 0 unspecified atom stereocenters. The van der Waals surface area contributed by atoms with Crippen LogP contribution in [0.1, 0.15) is 18.5 Å². The SMILES string of the molecule is COC(=O)C1CCN(c2nc(C)cc(OC)n2)CC1. The smallest absolute Gasteiger partial charge is 0.308 e. The van der Waals surface area contributed by atoms with Gasteiger partial charge in [-0.1, -0.05) is 0 Å². The Labute approximate surface area is 112 Å². The molecule has 1 fully saturated rings. The monoisotopic (exact) mass is 265 g/mol. The standard InChI is InChI=1S/C13H19N3O3/c1-9-8-11(18-2)15-13(14-9)16-6-4-10(5-7-16)12(17)19-3/h8,10H,4-7H2,1-3H3. The van der Waals surface area contributed by atoms with E-state index in [0.29, 0.717) is 11.8 Å². The minimum absolute atomic E-state index is 0.00652. The Morgan fingerprint density at radius 3 is 2.58 bits per heavy atom. The third-order valence-corrected chi connectivity index (χ3v) is 3.34. The van der Waals surface area contributed by atoms with Crippen LogP contribution in [-0.2, 0) is 9.53 Å². The minimum Gasteiger partial charge on any atom is -0.481 e. The fourth-order valence-electron chi connectivity index (χ4n) is 2.25. The number of aryl methyl sites for hydroxylation is 1. The van der Waals surface area contributed by atoms with E-state index in [2.05, 4.69) is 14.9 Å². The van der Waals surface area contributed by atoms with Gasteiger partial charge in [0, 0.05) is 24.8 Å². The summed E-state index contributed by atoms with van der Waals surface area (Å²) in [5, 5.41) is 0. The summed E-state index contributed by atoms with van der Waals surface area (Å²) in [5.74, 6) is 1.10. The Balaban J connectivity index is 2.05. The largest absolute Gasteiger partial charge is 0.481 e. The van der Waals surface area contributed by atoms with E-state index in [4.69, 9.17) is 9.47 Å². The Bertz CT molecular complexity index is 456. The molecule has 1 aliphatic heterocycles. The van der Waals surface area contributed by atoms with Gasteiger partial charge in [-0.05, 0) is 19.8 Å². The van der Waals surface area contributed by atoms with Crippen molar-refractivity contribution in [2.75, 3.05) is 32.2 Å². The molecular formula is C13H19N3O3. The average Bonchev–Trinajstić information content (AvgIpc) is 2.46. The molecular weight excluding hydrogens is 246 g/mol. The number of ether oxygens (including phenoxy) is 2. The Hall–Kier alpha value is -1.85. The molecule has 0 spiro atoms. The van der Waals surface area contributed by atoms with Gasteiger partial charge in [0.2, 0.25) is 11.8 Å². The number of rotatable bonds is 3. The van der Waals surface area contributed by atoms with Gasteiger partial charge in [-0.25, -0.2) is 4.98 Å². The first kappa shape index (κ1) is 13.6. The molecule has 0 bridgehead atoms. The zero-order chi connectivity index (χ0) is 13.8. The lowest BCUT2D eigenvalue weighted by Gasteiger charge is -2.30. The molecule has 0 saturated carbocycles. The van der Waals surface area contributed by atoms with Crippen LogP contribution in [0.5, 0.6) is 5.88 Å². The second-order valence-corrected chi connectivity index (χ2v) is 4.64. The highest BCUT2D eigenvalue weighted by Gasteiger charge is 2.26. The lowest BCUT2D eigenvalue weighted by Crippen LogP contribution is -2.37. The highest BCUT2D eigenvalue weighted by Crippen LogP contribution is 2.23. The van der Waals surface area contributed by atoms with Gasteiger partial charge in [-0.15, -0.1) is 0 Å². The molecule has 104 valence electrons. The van der Waals surface area contributed by atoms with Crippen LogP contribution in [0, 0.1) is 12.8 Å². The summed E-state index contributed by atoms with van der Waals surface area (Å²) in [4.78, 5) is 22.3. The van der Waals surface area contributed by atoms with Crippen molar-refractivity contribution >= 4 is 11.9 Å². The maximum Gasteiger partial charge on any atom is 0.308 e. The van der Waals surface area contributed by atoms with Crippen LogP contribution in [0.2, 0.25) is 0 Å². The van der Waals surface area contributed by atoms with Crippen LogP contribution in [0.3, 0.4) is 0 Å². The second kappa shape index (κ2) is 5.86. The van der Waals surface area contributed by atoms with E-state index in [9.17, 15) is 4.79 Å². The summed E-state index contributed by atoms with van der Waals surface area (Å²) in [5.41, 5.74) is 0.872. The summed E-state index contributed by atoms with van der Waals surface area (Å²) in [7, 11) is 3.03. The summed E-state index contributed by atoms with van der Waals surface area (Å²) < 4.78 is 9.93. The topological polar surface area (TPSA) is 64.5 Å². The molecule has 19 heavy (non-hydrogen) atoms. The van der Waals surface area contributed by atoms with E-state index in [0.717, 1.165) is 31.6 Å². The van der Waals surface area contributed by atoms with Gasteiger partial charge in [0.15, 0.2) is 0 Å². The van der Waals surface area contributed by atoms with Gasteiger partial charge in [0.25, 0.3) is 0 Å². The molecule has 0 aliphatic carbocycles. The van der Waals surface area contributed by atoms with Crippen LogP contribution in [0.4, 0.5) is 5.95 Å². The molecule has 1 aliphatic rings. The molecule has 2 rings (SSSR count). The highest BCUT2D eigenvalue weighted by molar-refractivity contribution is 5.72. The molecule has 0 atom stereocenters. The van der Waals surface area contributed by atoms with Crippen LogP contribution >= 0.6 is 0 Å². The molecule has 0 aromatic carbocycles. The second-order valence-electron chi connectivity index (χ2n) is 4.64. The van der Waals surface area contributed by atoms with E-state index in [1.165, 1.54) is 7.11 Å². The minimum atomic E-state index is -0.123. The summed E-state index contributed by atoms with van der Waals surface area (Å²) >= 11 is 0. The summed E-state index contributed by atoms with van der Waals surface area (Å²) in [6, 6.07) is 1.80. The van der Waals surface area contributed by atoms with Crippen molar-refractivity contribution in [1.82, 2.24) is 9.97 Å². The predicted molar refractivity (Wildman–Crippen MR) is 70.3 cm³/mol. The van der Waals surface area contributed by atoms with Crippen molar-refractivity contribution in [3.63, 3.8) is 0 Å². The number of anilines is 1. The fourth-order valence-corrected chi connectivity index (χ4v) is 2.25. The number of piperidine rings is 1. The predicted octanol–water partition coefficient (Wildman–Crippen LogP) is 1.18. The fraction of sp³-hybridized carbons (Fsp3) is 0.615. The molecule has 0 radical (unpaired) electrons. The number of nitrogens with zero attached hydrogens (tertiary/aromatic N) is 3. The first-order valence-electron chi connectivity index (χ1n) is 6.36. The van der Waals surface area contributed by atoms with Crippen molar-refractivity contribution in [3.05, 3.63) is 11.8 Å². The molecule has 0 amide bonds. The molecule has 6 heteroatoms. The van der Waals surface area contributed by atoms with Crippen LogP contribution < -0.4 is 9.64 Å². The maximum atomic E-state index is 11.5. The van der Waals surface area contributed by atoms with Gasteiger partial charge in [-0.2, -0.15) is 4.98 Å². The number of methoxy groups -OCH3 is 2. The van der Waals surface area contributed by atoms with Gasteiger partial charge in [-0.3, -0.25) is 4.79 Å². The number of carbonyl (C=O) groups is 1. The molecule has 6 nitrogen and oxygen atoms in total. The van der Waals surface area contributed by atoms with Crippen LogP contribution in [0.25, 0.3) is 0 Å². The zero-order valence-electron chi connectivity index (χ0n) is 11.5. The number of hydrogen-bond acceptors (Lipinski definition) is 6. The Morgan fingerprint density at radius 1 is 1.32 bits per heavy atom. The zero-order valence-corrected chi connectivity index (χ0v) is 11.5. The first-order chi connectivity index (χ1) is 9.13. The van der Waals surface area contributed by atoms with Gasteiger partial charge >= 0.3 is 5.97 Å². The number of aromatic nitrogens is 2.